The van der Waals surface area contributed by atoms with Crippen LogP contribution in [0.5, 0.6) is 5.75 Å². The number of halogens is 1. The number of hydrogen-bond acceptors (Lipinski definition) is 2. The highest BCUT2D eigenvalue weighted by molar-refractivity contribution is 5.36. The average molecular weight is 195 g/mol. The van der Waals surface area contributed by atoms with Gasteiger partial charge in [-0.3, -0.25) is 0 Å². The number of rotatable bonds is 3. The molecule has 2 rings (SSSR count). The van der Waals surface area contributed by atoms with Crippen LogP contribution in [0, 0.1) is 5.82 Å². The zero-order chi connectivity index (χ0) is 10.2. The Hall–Kier alpha value is -1.09. The first-order valence-electron chi connectivity index (χ1n) is 4.74. The van der Waals surface area contributed by atoms with Crippen molar-refractivity contribution >= 4 is 0 Å². The summed E-state index contributed by atoms with van der Waals surface area (Å²) in [6.07, 6.45) is 2.87. The first kappa shape index (κ1) is 9.46. The largest absolute Gasteiger partial charge is 0.496 e. The van der Waals surface area contributed by atoms with Crippen molar-refractivity contribution < 1.29 is 9.13 Å². The second-order valence-electron chi connectivity index (χ2n) is 4.00. The van der Waals surface area contributed by atoms with Gasteiger partial charge in [-0.1, -0.05) is 6.07 Å². The molecule has 3 heteroatoms. The maximum Gasteiger partial charge on any atom is 0.126 e. The highest BCUT2D eigenvalue weighted by atomic mass is 19.1. The van der Waals surface area contributed by atoms with Gasteiger partial charge < -0.3 is 10.5 Å². The van der Waals surface area contributed by atoms with Gasteiger partial charge in [0.2, 0.25) is 0 Å². The van der Waals surface area contributed by atoms with Crippen molar-refractivity contribution in [2.75, 3.05) is 7.11 Å². The predicted molar refractivity (Wildman–Crippen MR) is 52.8 cm³/mol. The molecule has 76 valence electrons. The number of methoxy groups -OCH3 is 1. The summed E-state index contributed by atoms with van der Waals surface area (Å²) in [6.45, 7) is 0. The van der Waals surface area contributed by atoms with Crippen LogP contribution < -0.4 is 10.5 Å². The monoisotopic (exact) mass is 195 g/mol. The van der Waals surface area contributed by atoms with Gasteiger partial charge in [0.25, 0.3) is 0 Å². The summed E-state index contributed by atoms with van der Waals surface area (Å²) in [4.78, 5) is 0. The predicted octanol–water partition coefficient (Wildman–Crippen LogP) is 1.87. The van der Waals surface area contributed by atoms with Gasteiger partial charge in [0.1, 0.15) is 11.6 Å². The van der Waals surface area contributed by atoms with Gasteiger partial charge in [0.05, 0.1) is 7.11 Å². The summed E-state index contributed by atoms with van der Waals surface area (Å²) in [5.74, 6) is 0.328. The zero-order valence-electron chi connectivity index (χ0n) is 8.22. The molecule has 2 nitrogen and oxygen atoms in total. The highest BCUT2D eigenvalue weighted by Crippen LogP contribution is 2.37. The van der Waals surface area contributed by atoms with Crippen molar-refractivity contribution in [3.8, 4) is 5.75 Å². The third kappa shape index (κ3) is 1.87. The summed E-state index contributed by atoms with van der Waals surface area (Å²) >= 11 is 0. The minimum atomic E-state index is -0.271. The maximum absolute atomic E-state index is 12.9. The van der Waals surface area contributed by atoms with Crippen molar-refractivity contribution in [1.29, 1.82) is 0 Å². The van der Waals surface area contributed by atoms with Crippen LogP contribution in [0.1, 0.15) is 18.4 Å². The molecule has 1 saturated carbocycles. The van der Waals surface area contributed by atoms with Crippen LogP contribution in [0.25, 0.3) is 0 Å². The lowest BCUT2D eigenvalue weighted by molar-refractivity contribution is 0.403. The molecule has 1 aliphatic rings. The molecule has 0 aliphatic heterocycles. The van der Waals surface area contributed by atoms with Gasteiger partial charge in [0.15, 0.2) is 0 Å². The second-order valence-corrected chi connectivity index (χ2v) is 4.00. The van der Waals surface area contributed by atoms with Crippen molar-refractivity contribution in [3.63, 3.8) is 0 Å². The van der Waals surface area contributed by atoms with Gasteiger partial charge in [-0.05, 0) is 30.9 Å². The smallest absolute Gasteiger partial charge is 0.126 e. The highest BCUT2D eigenvalue weighted by Gasteiger charge is 2.38. The van der Waals surface area contributed by atoms with Crippen molar-refractivity contribution in [2.45, 2.75) is 24.8 Å². The Labute approximate surface area is 82.9 Å². The fraction of sp³-hybridized carbons (Fsp3) is 0.455. The summed E-state index contributed by atoms with van der Waals surface area (Å²) in [6, 6.07) is 4.60. The molecule has 14 heavy (non-hydrogen) atoms. The molecular formula is C11H14FNO. The van der Waals surface area contributed by atoms with Crippen LogP contribution >= 0.6 is 0 Å². The van der Waals surface area contributed by atoms with Crippen LogP contribution in [-0.4, -0.2) is 12.6 Å². The normalized spacial score (nSPS) is 17.9. The van der Waals surface area contributed by atoms with Crippen LogP contribution in [0.15, 0.2) is 18.2 Å². The molecule has 2 N–H and O–H groups in total. The van der Waals surface area contributed by atoms with E-state index in [-0.39, 0.29) is 11.4 Å². The molecule has 0 bridgehead atoms. The molecule has 0 amide bonds. The molecule has 0 saturated heterocycles. The molecule has 0 spiro atoms. The van der Waals surface area contributed by atoms with Gasteiger partial charge in [-0.2, -0.15) is 0 Å². The molecular weight excluding hydrogens is 181 g/mol. The van der Waals surface area contributed by atoms with E-state index in [0.717, 1.165) is 24.8 Å². The Kier molecular flexibility index (Phi) is 2.19. The fourth-order valence-electron chi connectivity index (χ4n) is 1.58. The van der Waals surface area contributed by atoms with E-state index in [1.165, 1.54) is 12.1 Å². The van der Waals surface area contributed by atoms with Crippen LogP contribution in [0.4, 0.5) is 4.39 Å². The quantitative estimate of drug-likeness (QED) is 0.799. The van der Waals surface area contributed by atoms with Crippen LogP contribution in [-0.2, 0) is 6.42 Å². The Morgan fingerprint density at radius 3 is 2.79 bits per heavy atom. The molecule has 1 fully saturated rings. The summed E-state index contributed by atoms with van der Waals surface area (Å²) in [7, 11) is 1.55. The lowest BCUT2D eigenvalue weighted by Crippen LogP contribution is -2.24. The Morgan fingerprint density at radius 2 is 2.21 bits per heavy atom. The van der Waals surface area contributed by atoms with Gasteiger partial charge >= 0.3 is 0 Å². The molecule has 0 unspecified atom stereocenters. The van der Waals surface area contributed by atoms with E-state index in [0.29, 0.717) is 5.75 Å². The number of nitrogens with two attached hydrogens (primary N) is 1. The van der Waals surface area contributed by atoms with Crippen LogP contribution in [0.3, 0.4) is 0 Å². The third-order valence-corrected chi connectivity index (χ3v) is 2.68. The van der Waals surface area contributed by atoms with Crippen LogP contribution in [0.2, 0.25) is 0 Å². The average Bonchev–Trinajstić information content (AvgIpc) is 2.87. The van der Waals surface area contributed by atoms with Crippen molar-refractivity contribution in [1.82, 2.24) is 0 Å². The minimum Gasteiger partial charge on any atom is -0.496 e. The molecule has 1 aromatic carbocycles. The van der Waals surface area contributed by atoms with Gasteiger partial charge in [-0.15, -0.1) is 0 Å². The molecule has 0 aromatic heterocycles. The van der Waals surface area contributed by atoms with E-state index in [1.54, 1.807) is 13.2 Å². The third-order valence-electron chi connectivity index (χ3n) is 2.68. The molecule has 0 atom stereocenters. The van der Waals surface area contributed by atoms with E-state index in [1.807, 2.05) is 0 Å². The fourth-order valence-corrected chi connectivity index (χ4v) is 1.58. The minimum absolute atomic E-state index is 0.0644. The van der Waals surface area contributed by atoms with E-state index < -0.39 is 0 Å². The number of ether oxygens (including phenoxy) is 1. The number of benzene rings is 1. The lowest BCUT2D eigenvalue weighted by Gasteiger charge is -2.12. The standard InChI is InChI=1S/C11H14FNO/c1-14-10-6-9(12)3-2-8(10)7-11(13)4-5-11/h2-3,6H,4-5,7,13H2,1H3. The van der Waals surface area contributed by atoms with E-state index in [9.17, 15) is 4.39 Å². The SMILES string of the molecule is COc1cc(F)ccc1CC1(N)CC1. The van der Waals surface area contributed by atoms with Crippen molar-refractivity contribution in [2.24, 2.45) is 5.73 Å². The molecule has 0 heterocycles. The van der Waals surface area contributed by atoms with E-state index in [2.05, 4.69) is 0 Å². The second kappa shape index (κ2) is 3.24. The Balaban J connectivity index is 2.23. The molecule has 1 aromatic rings. The Bertz CT molecular complexity index is 347. The van der Waals surface area contributed by atoms with Crippen molar-refractivity contribution in [3.05, 3.63) is 29.6 Å². The lowest BCUT2D eigenvalue weighted by atomic mass is 10.0. The summed E-state index contributed by atoms with van der Waals surface area (Å²) < 4.78 is 18.0. The molecule has 1 aliphatic carbocycles. The van der Waals surface area contributed by atoms with Gasteiger partial charge in [0, 0.05) is 11.6 Å². The first-order chi connectivity index (χ1) is 6.63. The summed E-state index contributed by atoms with van der Waals surface area (Å²) in [5.41, 5.74) is 6.92. The zero-order valence-corrected chi connectivity index (χ0v) is 8.22. The number of hydrogen-bond donors (Lipinski definition) is 1. The molecule has 0 radical (unpaired) electrons. The maximum atomic E-state index is 12.9. The Morgan fingerprint density at radius 1 is 1.50 bits per heavy atom. The topological polar surface area (TPSA) is 35.2 Å². The van der Waals surface area contributed by atoms with Gasteiger partial charge in [-0.25, -0.2) is 4.39 Å². The van der Waals surface area contributed by atoms with E-state index >= 15 is 0 Å². The summed E-state index contributed by atoms with van der Waals surface area (Å²) in [5, 5.41) is 0. The first-order valence-corrected chi connectivity index (χ1v) is 4.74. The van der Waals surface area contributed by atoms with E-state index in [4.69, 9.17) is 10.5 Å².